The maximum absolute atomic E-state index is 12.2. The average molecular weight is 287 g/mol. The van der Waals surface area contributed by atoms with Crippen LogP contribution in [0.2, 0.25) is 0 Å². The first-order valence-corrected chi connectivity index (χ1v) is 6.10. The van der Waals surface area contributed by atoms with Crippen molar-refractivity contribution in [3.63, 3.8) is 0 Å². The van der Waals surface area contributed by atoms with Gasteiger partial charge in [-0.05, 0) is 11.6 Å². The van der Waals surface area contributed by atoms with Crippen molar-refractivity contribution in [1.29, 1.82) is 0 Å². The molecule has 0 aliphatic carbocycles. The predicted molar refractivity (Wildman–Crippen MR) is 75.7 cm³/mol. The molecule has 0 radical (unpaired) electrons. The lowest BCUT2D eigenvalue weighted by atomic mass is 10.1. The van der Waals surface area contributed by atoms with Crippen LogP contribution in [0.4, 0.5) is 11.4 Å². The highest BCUT2D eigenvalue weighted by atomic mass is 16.6. The Kier molecular flexibility index (Phi) is 4.57. The lowest BCUT2D eigenvalue weighted by Crippen LogP contribution is -2.23. The van der Waals surface area contributed by atoms with E-state index in [1.807, 2.05) is 6.07 Å². The number of hydrogen-bond donors (Lipinski definition) is 1. The number of rotatable bonds is 5. The van der Waals surface area contributed by atoms with E-state index in [1.165, 1.54) is 19.4 Å². The monoisotopic (exact) mass is 287 g/mol. The van der Waals surface area contributed by atoms with Gasteiger partial charge in [-0.1, -0.05) is 30.3 Å². The van der Waals surface area contributed by atoms with Gasteiger partial charge in [-0.15, -0.1) is 0 Å². The second-order valence-corrected chi connectivity index (χ2v) is 4.17. The highest BCUT2D eigenvalue weighted by molar-refractivity contribution is 5.96. The van der Waals surface area contributed by atoms with Crippen molar-refractivity contribution < 1.29 is 14.5 Å². The fourth-order valence-electron chi connectivity index (χ4n) is 1.86. The smallest absolute Gasteiger partial charge is 0.310 e. The van der Waals surface area contributed by atoms with Crippen LogP contribution in [-0.4, -0.2) is 22.9 Å². The third-order valence-corrected chi connectivity index (χ3v) is 2.83. The number of pyridine rings is 1. The molecule has 21 heavy (non-hydrogen) atoms. The summed E-state index contributed by atoms with van der Waals surface area (Å²) < 4.78 is 5.17. The largest absolute Gasteiger partial charge is 0.367 e. The van der Waals surface area contributed by atoms with Gasteiger partial charge in [0.05, 0.1) is 4.92 Å². The quantitative estimate of drug-likeness (QED) is 0.672. The lowest BCUT2D eigenvalue weighted by molar-refractivity contribution is -0.384. The molecule has 1 N–H and O–H groups in total. The number of anilines is 1. The zero-order chi connectivity index (χ0) is 15.2. The number of ether oxygens (including phenoxy) is 1. The number of amides is 1. The van der Waals surface area contributed by atoms with Crippen LogP contribution in [0.1, 0.15) is 11.7 Å². The van der Waals surface area contributed by atoms with Gasteiger partial charge < -0.3 is 10.1 Å². The number of nitro groups is 1. The molecule has 0 spiro atoms. The Labute approximate surface area is 120 Å². The zero-order valence-corrected chi connectivity index (χ0v) is 11.2. The summed E-state index contributed by atoms with van der Waals surface area (Å²) in [6.45, 7) is 0. The van der Waals surface area contributed by atoms with E-state index in [-0.39, 0.29) is 11.4 Å². The third-order valence-electron chi connectivity index (χ3n) is 2.83. The molecule has 0 aliphatic rings. The number of nitrogens with one attached hydrogen (secondary N) is 1. The average Bonchev–Trinajstić information content (AvgIpc) is 2.49. The molecule has 7 nitrogen and oxygen atoms in total. The van der Waals surface area contributed by atoms with E-state index in [4.69, 9.17) is 4.74 Å². The summed E-state index contributed by atoms with van der Waals surface area (Å²) in [6.07, 6.45) is 1.60. The van der Waals surface area contributed by atoms with Crippen molar-refractivity contribution in [2.75, 3.05) is 12.4 Å². The molecule has 0 fully saturated rings. The van der Waals surface area contributed by atoms with Crippen molar-refractivity contribution in [3.05, 3.63) is 64.5 Å². The molecule has 1 amide bonds. The van der Waals surface area contributed by atoms with E-state index in [0.29, 0.717) is 5.56 Å². The molecule has 1 aromatic carbocycles. The van der Waals surface area contributed by atoms with Crippen molar-refractivity contribution in [2.24, 2.45) is 0 Å². The number of benzene rings is 1. The van der Waals surface area contributed by atoms with E-state index < -0.39 is 16.9 Å². The van der Waals surface area contributed by atoms with Gasteiger partial charge >= 0.3 is 5.69 Å². The summed E-state index contributed by atoms with van der Waals surface area (Å²) in [7, 11) is 1.40. The van der Waals surface area contributed by atoms with Gasteiger partial charge in [0, 0.05) is 13.3 Å². The van der Waals surface area contributed by atoms with Crippen LogP contribution in [0.3, 0.4) is 0 Å². The second-order valence-electron chi connectivity index (χ2n) is 4.17. The second kappa shape index (κ2) is 6.58. The van der Waals surface area contributed by atoms with Crippen LogP contribution in [-0.2, 0) is 9.53 Å². The first kappa shape index (κ1) is 14.6. The van der Waals surface area contributed by atoms with Crippen LogP contribution in [0, 0.1) is 10.1 Å². The van der Waals surface area contributed by atoms with E-state index >= 15 is 0 Å². The van der Waals surface area contributed by atoms with E-state index in [1.54, 1.807) is 24.3 Å². The van der Waals surface area contributed by atoms with Crippen LogP contribution < -0.4 is 5.32 Å². The molecule has 0 saturated heterocycles. The minimum atomic E-state index is -0.848. The maximum atomic E-state index is 12.2. The van der Waals surface area contributed by atoms with Crippen LogP contribution in [0.15, 0.2) is 48.8 Å². The van der Waals surface area contributed by atoms with Gasteiger partial charge in [0.1, 0.15) is 11.9 Å². The number of nitrogens with zero attached hydrogens (tertiary/aromatic N) is 2. The Bertz CT molecular complexity index is 646. The van der Waals surface area contributed by atoms with Gasteiger partial charge in [-0.25, -0.2) is 0 Å². The topological polar surface area (TPSA) is 94.4 Å². The number of hydrogen-bond acceptors (Lipinski definition) is 5. The SMILES string of the molecule is COC(C(=O)Nc1ccncc1[N+](=O)[O-])c1ccccc1. The fraction of sp³-hybridized carbons (Fsp3) is 0.143. The summed E-state index contributed by atoms with van der Waals surface area (Å²) in [4.78, 5) is 26.2. The molecule has 1 unspecified atom stereocenters. The van der Waals surface area contributed by atoms with Gasteiger partial charge in [0.15, 0.2) is 6.10 Å². The number of methoxy groups -OCH3 is 1. The fourth-order valence-corrected chi connectivity index (χ4v) is 1.86. The minimum absolute atomic E-state index is 0.0815. The molecule has 0 saturated carbocycles. The Morgan fingerprint density at radius 3 is 2.67 bits per heavy atom. The molecule has 0 bridgehead atoms. The summed E-state index contributed by atoms with van der Waals surface area (Å²) in [5.74, 6) is -0.488. The molecule has 2 aromatic rings. The summed E-state index contributed by atoms with van der Waals surface area (Å²) in [6, 6.07) is 10.2. The Balaban J connectivity index is 2.23. The lowest BCUT2D eigenvalue weighted by Gasteiger charge is -2.15. The molecule has 108 valence electrons. The Morgan fingerprint density at radius 1 is 1.33 bits per heavy atom. The van der Waals surface area contributed by atoms with E-state index in [2.05, 4.69) is 10.3 Å². The van der Waals surface area contributed by atoms with Gasteiger partial charge in [-0.2, -0.15) is 0 Å². The first-order chi connectivity index (χ1) is 10.1. The summed E-state index contributed by atoms with van der Waals surface area (Å²) in [5.41, 5.74) is 0.473. The van der Waals surface area contributed by atoms with E-state index in [9.17, 15) is 14.9 Å². The van der Waals surface area contributed by atoms with Crippen molar-refractivity contribution in [2.45, 2.75) is 6.10 Å². The summed E-state index contributed by atoms with van der Waals surface area (Å²) >= 11 is 0. The Morgan fingerprint density at radius 2 is 2.05 bits per heavy atom. The van der Waals surface area contributed by atoms with E-state index in [0.717, 1.165) is 6.20 Å². The molecule has 2 rings (SSSR count). The standard InChI is InChI=1S/C14H13N3O4/c1-21-13(10-5-3-2-4-6-10)14(18)16-11-7-8-15-9-12(11)17(19)20/h2-9,13H,1H3,(H,15,16,18). The molecule has 7 heteroatoms. The van der Waals surface area contributed by atoms with Crippen LogP contribution >= 0.6 is 0 Å². The highest BCUT2D eigenvalue weighted by Crippen LogP contribution is 2.24. The first-order valence-electron chi connectivity index (χ1n) is 6.10. The normalized spacial score (nSPS) is 11.7. The molecule has 1 atom stereocenters. The molecule has 1 aromatic heterocycles. The number of carbonyl (C=O) groups is 1. The van der Waals surface area contributed by atoms with Crippen LogP contribution in [0.5, 0.6) is 0 Å². The maximum Gasteiger partial charge on any atom is 0.310 e. The zero-order valence-electron chi connectivity index (χ0n) is 11.2. The molecular weight excluding hydrogens is 274 g/mol. The van der Waals surface area contributed by atoms with Crippen molar-refractivity contribution in [1.82, 2.24) is 4.98 Å². The minimum Gasteiger partial charge on any atom is -0.367 e. The number of carbonyl (C=O) groups excluding carboxylic acids is 1. The predicted octanol–water partition coefficient (Wildman–Crippen LogP) is 2.32. The van der Waals surface area contributed by atoms with Gasteiger partial charge in [-0.3, -0.25) is 19.9 Å². The highest BCUT2D eigenvalue weighted by Gasteiger charge is 2.23. The summed E-state index contributed by atoms with van der Waals surface area (Å²) in [5, 5.41) is 13.4. The third kappa shape index (κ3) is 3.40. The van der Waals surface area contributed by atoms with Gasteiger partial charge in [0.25, 0.3) is 5.91 Å². The van der Waals surface area contributed by atoms with Gasteiger partial charge in [0.2, 0.25) is 0 Å². The molecule has 0 aliphatic heterocycles. The number of aromatic nitrogens is 1. The van der Waals surface area contributed by atoms with Crippen molar-refractivity contribution >= 4 is 17.3 Å². The van der Waals surface area contributed by atoms with Crippen molar-refractivity contribution in [3.8, 4) is 0 Å². The Hall–Kier alpha value is -2.80. The molecule has 1 heterocycles. The molecular formula is C14H13N3O4. The van der Waals surface area contributed by atoms with Crippen LogP contribution in [0.25, 0.3) is 0 Å².